The van der Waals surface area contributed by atoms with Crippen molar-refractivity contribution in [3.8, 4) is 0 Å². The Labute approximate surface area is 140 Å². The molecule has 108 valence electrons. The molecule has 0 amide bonds. The summed E-state index contributed by atoms with van der Waals surface area (Å²) in [4.78, 5) is 4.54. The lowest BCUT2D eigenvalue weighted by Crippen LogP contribution is -2.19. The number of hydrogen-bond donors (Lipinski definition) is 1. The molecule has 3 nitrogen and oxygen atoms in total. The largest absolute Gasteiger partial charge is 0.441 e. The van der Waals surface area contributed by atoms with Crippen molar-refractivity contribution < 1.29 is 4.42 Å². The molecular weight excluding hydrogens is 396 g/mol. The van der Waals surface area contributed by atoms with Crippen LogP contribution in [0.1, 0.15) is 17.5 Å². The molecule has 21 heavy (non-hydrogen) atoms. The molecule has 0 saturated carbocycles. The van der Waals surface area contributed by atoms with Crippen LogP contribution in [0.25, 0.3) is 11.1 Å². The van der Waals surface area contributed by atoms with Gasteiger partial charge in [-0.3, -0.25) is 0 Å². The number of nitrogens with one attached hydrogen (secondary N) is 1. The number of halogens is 2. The molecule has 3 rings (SSSR count). The monoisotopic (exact) mass is 408 g/mol. The molecule has 1 atom stereocenters. The summed E-state index contributed by atoms with van der Waals surface area (Å²) in [7, 11) is 1.95. The molecule has 0 aliphatic heterocycles. The molecule has 0 saturated heterocycles. The number of benzene rings is 2. The number of fused-ring (bicyclic) bond motifs is 1. The number of likely N-dealkylation sites (N-methyl/N-ethyl adjacent to an activating group) is 1. The zero-order valence-corrected chi connectivity index (χ0v) is 14.6. The van der Waals surface area contributed by atoms with Crippen molar-refractivity contribution in [1.29, 1.82) is 0 Å². The van der Waals surface area contributed by atoms with Crippen LogP contribution in [0.5, 0.6) is 0 Å². The van der Waals surface area contributed by atoms with Gasteiger partial charge in [-0.05, 0) is 42.9 Å². The highest BCUT2D eigenvalue weighted by molar-refractivity contribution is 9.11. The topological polar surface area (TPSA) is 38.1 Å². The Kier molecular flexibility index (Phi) is 4.42. The predicted molar refractivity (Wildman–Crippen MR) is 91.4 cm³/mol. The van der Waals surface area contributed by atoms with E-state index in [-0.39, 0.29) is 6.04 Å². The third kappa shape index (κ3) is 3.20. The minimum absolute atomic E-state index is 0.130. The first-order valence-electron chi connectivity index (χ1n) is 6.64. The lowest BCUT2D eigenvalue weighted by Gasteiger charge is -2.17. The van der Waals surface area contributed by atoms with E-state index in [1.54, 1.807) is 0 Å². The first kappa shape index (κ1) is 14.8. The van der Waals surface area contributed by atoms with E-state index < -0.39 is 0 Å². The van der Waals surface area contributed by atoms with Gasteiger partial charge in [0.2, 0.25) is 0 Å². The summed E-state index contributed by atoms with van der Waals surface area (Å²) in [6.45, 7) is 0. The van der Waals surface area contributed by atoms with Gasteiger partial charge >= 0.3 is 0 Å². The van der Waals surface area contributed by atoms with Crippen LogP contribution in [0.4, 0.5) is 0 Å². The Hall–Kier alpha value is -1.17. The van der Waals surface area contributed by atoms with Crippen LogP contribution in [0.3, 0.4) is 0 Å². The van der Waals surface area contributed by atoms with Gasteiger partial charge in [0.05, 0.1) is 0 Å². The van der Waals surface area contributed by atoms with Crippen LogP contribution < -0.4 is 5.32 Å². The van der Waals surface area contributed by atoms with Crippen molar-refractivity contribution in [3.05, 3.63) is 62.9 Å². The van der Waals surface area contributed by atoms with Gasteiger partial charge in [0.15, 0.2) is 11.5 Å². The lowest BCUT2D eigenvalue weighted by atomic mass is 10.0. The molecule has 3 aromatic rings. The molecule has 1 heterocycles. The summed E-state index contributed by atoms with van der Waals surface area (Å²) < 4.78 is 7.94. The smallest absolute Gasteiger partial charge is 0.197 e. The molecule has 0 bridgehead atoms. The van der Waals surface area contributed by atoms with Crippen molar-refractivity contribution in [3.63, 3.8) is 0 Å². The highest BCUT2D eigenvalue weighted by atomic mass is 79.9. The second-order valence-electron chi connectivity index (χ2n) is 4.79. The van der Waals surface area contributed by atoms with Gasteiger partial charge in [-0.25, -0.2) is 4.98 Å². The first-order chi connectivity index (χ1) is 10.2. The Morgan fingerprint density at radius 3 is 2.76 bits per heavy atom. The van der Waals surface area contributed by atoms with Gasteiger partial charge in [0, 0.05) is 21.4 Å². The third-order valence-electron chi connectivity index (χ3n) is 3.40. The maximum atomic E-state index is 5.81. The predicted octanol–water partition coefficient (Wildman–Crippen LogP) is 4.86. The Bertz CT molecular complexity index is 737. The highest BCUT2D eigenvalue weighted by Gasteiger charge is 2.17. The van der Waals surface area contributed by atoms with Crippen molar-refractivity contribution >= 4 is 43.0 Å². The summed E-state index contributed by atoms with van der Waals surface area (Å²) in [6.07, 6.45) is 0.695. The van der Waals surface area contributed by atoms with Gasteiger partial charge in [-0.15, -0.1) is 0 Å². The van der Waals surface area contributed by atoms with Gasteiger partial charge < -0.3 is 9.73 Å². The van der Waals surface area contributed by atoms with E-state index in [0.717, 1.165) is 25.9 Å². The number of hydrogen-bond acceptors (Lipinski definition) is 3. The fourth-order valence-electron chi connectivity index (χ4n) is 2.33. The number of rotatable bonds is 4. The molecule has 1 aromatic heterocycles. The van der Waals surface area contributed by atoms with E-state index in [9.17, 15) is 0 Å². The SMILES string of the molecule is CNC(Cc1nc2ccccc2o1)c1cc(Br)ccc1Br. The molecule has 0 radical (unpaired) electrons. The van der Waals surface area contributed by atoms with Crippen LogP contribution in [-0.4, -0.2) is 12.0 Å². The fraction of sp³-hybridized carbons (Fsp3) is 0.188. The van der Waals surface area contributed by atoms with Crippen LogP contribution in [0.2, 0.25) is 0 Å². The minimum Gasteiger partial charge on any atom is -0.441 e. The quantitative estimate of drug-likeness (QED) is 0.668. The molecule has 0 spiro atoms. The minimum atomic E-state index is 0.130. The number of nitrogens with zero attached hydrogens (tertiary/aromatic N) is 1. The van der Waals surface area contributed by atoms with E-state index in [1.165, 1.54) is 5.56 Å². The van der Waals surface area contributed by atoms with E-state index in [1.807, 2.05) is 43.4 Å². The number of para-hydroxylation sites is 2. The summed E-state index contributed by atoms with van der Waals surface area (Å²) in [5.74, 6) is 0.738. The molecule has 0 fully saturated rings. The number of aromatic nitrogens is 1. The summed E-state index contributed by atoms with van der Waals surface area (Å²) in [5, 5.41) is 3.33. The van der Waals surface area contributed by atoms with Crippen LogP contribution in [0, 0.1) is 0 Å². The van der Waals surface area contributed by atoms with Gasteiger partial charge in [0.25, 0.3) is 0 Å². The number of oxazole rings is 1. The van der Waals surface area contributed by atoms with Crippen molar-refractivity contribution in [2.24, 2.45) is 0 Å². The van der Waals surface area contributed by atoms with Crippen molar-refractivity contribution in [2.45, 2.75) is 12.5 Å². The average Bonchev–Trinajstić information content (AvgIpc) is 2.90. The Balaban J connectivity index is 1.91. The zero-order valence-electron chi connectivity index (χ0n) is 11.4. The van der Waals surface area contributed by atoms with E-state index in [0.29, 0.717) is 6.42 Å². The molecule has 5 heteroatoms. The first-order valence-corrected chi connectivity index (χ1v) is 8.22. The zero-order chi connectivity index (χ0) is 14.8. The molecule has 1 N–H and O–H groups in total. The second-order valence-corrected chi connectivity index (χ2v) is 6.56. The summed E-state index contributed by atoms with van der Waals surface area (Å²) >= 11 is 7.13. The van der Waals surface area contributed by atoms with E-state index in [2.05, 4.69) is 48.2 Å². The highest BCUT2D eigenvalue weighted by Crippen LogP contribution is 2.29. The van der Waals surface area contributed by atoms with Crippen molar-refractivity contribution in [2.75, 3.05) is 7.05 Å². The van der Waals surface area contributed by atoms with E-state index >= 15 is 0 Å². The maximum Gasteiger partial charge on any atom is 0.197 e. The second kappa shape index (κ2) is 6.30. The fourth-order valence-corrected chi connectivity index (χ4v) is 3.23. The Morgan fingerprint density at radius 1 is 1.19 bits per heavy atom. The van der Waals surface area contributed by atoms with Gasteiger partial charge in [-0.1, -0.05) is 44.0 Å². The van der Waals surface area contributed by atoms with Gasteiger partial charge in [-0.2, -0.15) is 0 Å². The van der Waals surface area contributed by atoms with Crippen LogP contribution in [-0.2, 0) is 6.42 Å². The molecule has 1 unspecified atom stereocenters. The summed E-state index contributed by atoms with van der Waals surface area (Å²) in [6, 6.07) is 14.1. The third-order valence-corrected chi connectivity index (χ3v) is 4.61. The molecule has 0 aliphatic carbocycles. The van der Waals surface area contributed by atoms with Crippen molar-refractivity contribution in [1.82, 2.24) is 10.3 Å². The standard InChI is InChI=1S/C16H14Br2N2O/c1-19-14(11-8-10(17)6-7-12(11)18)9-16-20-13-4-2-3-5-15(13)21-16/h2-8,14,19H,9H2,1H3. The maximum absolute atomic E-state index is 5.81. The van der Waals surface area contributed by atoms with Gasteiger partial charge in [0.1, 0.15) is 5.52 Å². The van der Waals surface area contributed by atoms with Crippen LogP contribution in [0.15, 0.2) is 55.8 Å². The van der Waals surface area contributed by atoms with Crippen LogP contribution >= 0.6 is 31.9 Å². The molecular formula is C16H14Br2N2O. The lowest BCUT2D eigenvalue weighted by molar-refractivity contribution is 0.473. The molecule has 2 aromatic carbocycles. The van der Waals surface area contributed by atoms with E-state index in [4.69, 9.17) is 4.42 Å². The molecule has 0 aliphatic rings. The average molecular weight is 410 g/mol. The normalized spacial score (nSPS) is 12.7. The summed E-state index contributed by atoms with van der Waals surface area (Å²) in [5.41, 5.74) is 2.90. The Morgan fingerprint density at radius 2 is 2.00 bits per heavy atom.